The van der Waals surface area contributed by atoms with E-state index in [-0.39, 0.29) is 16.5 Å². The molecule has 0 aromatic heterocycles. The molecule has 0 bridgehead atoms. The monoisotopic (exact) mass is 220 g/mol. The van der Waals surface area contributed by atoms with Crippen molar-refractivity contribution in [1.29, 1.82) is 0 Å². The summed E-state index contributed by atoms with van der Waals surface area (Å²) in [6, 6.07) is 1.81. The van der Waals surface area contributed by atoms with Gasteiger partial charge in [0.05, 0.1) is 11.1 Å². The van der Waals surface area contributed by atoms with Gasteiger partial charge in [0.1, 0.15) is 11.6 Å². The van der Waals surface area contributed by atoms with Gasteiger partial charge in [-0.2, -0.15) is 0 Å². The minimum Gasteiger partial charge on any atom is -0.388 e. The van der Waals surface area contributed by atoms with Gasteiger partial charge in [-0.1, -0.05) is 25.4 Å². The Hall–Kier alpha value is -0.670. The molecular weight excluding hydrogens is 210 g/mol. The lowest BCUT2D eigenvalue weighted by molar-refractivity contribution is 0.122. The molecule has 0 saturated heterocycles. The minimum absolute atomic E-state index is 0.0538. The fraction of sp³-hybridized carbons (Fsp3) is 0.400. The van der Waals surface area contributed by atoms with E-state index in [0.29, 0.717) is 0 Å². The van der Waals surface area contributed by atoms with Crippen LogP contribution in [0.5, 0.6) is 0 Å². The van der Waals surface area contributed by atoms with Crippen LogP contribution in [0.2, 0.25) is 5.02 Å². The molecule has 0 radical (unpaired) electrons. The summed E-state index contributed by atoms with van der Waals surface area (Å²) in [5.74, 6) is -1.58. The summed E-state index contributed by atoms with van der Waals surface area (Å²) in [6.45, 7) is 3.44. The van der Waals surface area contributed by atoms with Crippen LogP contribution in [0, 0.1) is 17.6 Å². The largest absolute Gasteiger partial charge is 0.388 e. The van der Waals surface area contributed by atoms with E-state index in [2.05, 4.69) is 0 Å². The molecule has 1 nitrogen and oxygen atoms in total. The molecule has 0 fully saturated rings. The van der Waals surface area contributed by atoms with Gasteiger partial charge < -0.3 is 5.11 Å². The minimum atomic E-state index is -1.01. The lowest BCUT2D eigenvalue weighted by Crippen LogP contribution is -2.08. The average molecular weight is 221 g/mol. The van der Waals surface area contributed by atoms with Crippen LogP contribution in [0.15, 0.2) is 12.1 Å². The molecule has 1 atom stereocenters. The molecule has 0 saturated carbocycles. The van der Waals surface area contributed by atoms with Crippen LogP contribution in [-0.4, -0.2) is 5.11 Å². The third kappa shape index (κ3) is 2.22. The topological polar surface area (TPSA) is 20.2 Å². The van der Waals surface area contributed by atoms with Crippen molar-refractivity contribution in [3.8, 4) is 0 Å². The maximum absolute atomic E-state index is 13.2. The molecule has 78 valence electrons. The first-order chi connectivity index (χ1) is 6.43. The van der Waals surface area contributed by atoms with Crippen molar-refractivity contribution < 1.29 is 13.9 Å². The lowest BCUT2D eigenvalue weighted by Gasteiger charge is -2.15. The molecule has 1 N–H and O–H groups in total. The second-order valence-corrected chi connectivity index (χ2v) is 3.88. The highest BCUT2D eigenvalue weighted by Crippen LogP contribution is 2.27. The van der Waals surface area contributed by atoms with E-state index in [1.165, 1.54) is 0 Å². The van der Waals surface area contributed by atoms with Gasteiger partial charge in [-0.05, 0) is 18.1 Å². The van der Waals surface area contributed by atoms with Gasteiger partial charge >= 0.3 is 0 Å². The molecule has 0 spiro atoms. The van der Waals surface area contributed by atoms with Gasteiger partial charge in [0.15, 0.2) is 0 Å². The molecule has 0 amide bonds. The van der Waals surface area contributed by atoms with Crippen LogP contribution in [0.25, 0.3) is 0 Å². The van der Waals surface area contributed by atoms with Crippen LogP contribution in [0.4, 0.5) is 8.78 Å². The Balaban J connectivity index is 3.15. The first-order valence-electron chi connectivity index (χ1n) is 4.26. The zero-order valence-corrected chi connectivity index (χ0v) is 8.65. The van der Waals surface area contributed by atoms with E-state index < -0.39 is 17.7 Å². The summed E-state index contributed by atoms with van der Waals surface area (Å²) < 4.78 is 26.2. The van der Waals surface area contributed by atoms with Crippen LogP contribution >= 0.6 is 11.6 Å². The molecule has 1 unspecified atom stereocenters. The predicted molar refractivity (Wildman–Crippen MR) is 51.2 cm³/mol. The Bertz CT molecular complexity index is 339. The van der Waals surface area contributed by atoms with Crippen LogP contribution in [-0.2, 0) is 0 Å². The Labute approximate surface area is 86.3 Å². The van der Waals surface area contributed by atoms with E-state index in [1.54, 1.807) is 13.8 Å². The Morgan fingerprint density at radius 3 is 2.29 bits per heavy atom. The van der Waals surface area contributed by atoms with Crippen molar-refractivity contribution in [3.63, 3.8) is 0 Å². The average Bonchev–Trinajstić information content (AvgIpc) is 2.10. The van der Waals surface area contributed by atoms with Gasteiger partial charge in [-0.25, -0.2) is 8.78 Å². The van der Waals surface area contributed by atoms with Crippen molar-refractivity contribution >= 4 is 11.6 Å². The highest BCUT2D eigenvalue weighted by atomic mass is 35.5. The molecule has 1 aromatic rings. The fourth-order valence-corrected chi connectivity index (χ4v) is 1.27. The van der Waals surface area contributed by atoms with E-state index in [9.17, 15) is 13.9 Å². The lowest BCUT2D eigenvalue weighted by atomic mass is 9.99. The van der Waals surface area contributed by atoms with Gasteiger partial charge in [-0.3, -0.25) is 0 Å². The summed E-state index contributed by atoms with van der Waals surface area (Å²) in [5.41, 5.74) is -0.0538. The fourth-order valence-electron chi connectivity index (χ4n) is 1.12. The van der Waals surface area contributed by atoms with Crippen LogP contribution in [0.1, 0.15) is 25.5 Å². The number of aliphatic hydroxyl groups is 1. The summed E-state index contributed by atoms with van der Waals surface area (Å²) in [4.78, 5) is 0. The first-order valence-corrected chi connectivity index (χ1v) is 4.63. The smallest absolute Gasteiger partial charge is 0.142 e. The van der Waals surface area contributed by atoms with Gasteiger partial charge in [-0.15, -0.1) is 0 Å². The Kier molecular flexibility index (Phi) is 3.45. The third-order valence-corrected chi connectivity index (χ3v) is 2.28. The molecule has 0 aliphatic rings. The molecule has 1 rings (SSSR count). The van der Waals surface area contributed by atoms with Crippen molar-refractivity contribution in [2.45, 2.75) is 20.0 Å². The summed E-state index contributed by atoms with van der Waals surface area (Å²) in [5, 5.41) is 9.27. The summed E-state index contributed by atoms with van der Waals surface area (Å²) >= 11 is 5.37. The Morgan fingerprint density at radius 1 is 1.21 bits per heavy atom. The maximum Gasteiger partial charge on any atom is 0.142 e. The second kappa shape index (κ2) is 4.24. The highest BCUT2D eigenvalue weighted by molar-refractivity contribution is 6.30. The molecule has 0 aliphatic carbocycles. The first kappa shape index (κ1) is 11.4. The molecule has 0 heterocycles. The Morgan fingerprint density at radius 2 is 1.79 bits per heavy atom. The summed E-state index contributed by atoms with van der Waals surface area (Å²) in [6.07, 6.45) is -1.01. The molecule has 14 heavy (non-hydrogen) atoms. The van der Waals surface area contributed by atoms with Gasteiger partial charge in [0.25, 0.3) is 0 Å². The van der Waals surface area contributed by atoms with Crippen molar-refractivity contribution in [2.75, 3.05) is 0 Å². The summed E-state index contributed by atoms with van der Waals surface area (Å²) in [7, 11) is 0. The van der Waals surface area contributed by atoms with Crippen molar-refractivity contribution in [3.05, 3.63) is 34.4 Å². The number of benzene rings is 1. The second-order valence-electron chi connectivity index (χ2n) is 3.48. The van der Waals surface area contributed by atoms with Crippen molar-refractivity contribution in [1.82, 2.24) is 0 Å². The molecule has 4 heteroatoms. The quantitative estimate of drug-likeness (QED) is 0.759. The van der Waals surface area contributed by atoms with Gasteiger partial charge in [0.2, 0.25) is 0 Å². The SMILES string of the molecule is CC(C)C(O)c1cc(F)c(Cl)cc1F. The standard InChI is InChI=1S/C10H11ClF2O/c1-5(2)10(14)6-3-9(13)7(11)4-8(6)12/h3-5,10,14H,1-2H3. The predicted octanol–water partition coefficient (Wildman–Crippen LogP) is 3.31. The molecule has 0 aliphatic heterocycles. The number of aliphatic hydroxyl groups excluding tert-OH is 1. The number of hydrogen-bond donors (Lipinski definition) is 1. The normalized spacial score (nSPS) is 13.4. The van der Waals surface area contributed by atoms with E-state index in [4.69, 9.17) is 11.6 Å². The molecular formula is C10H11ClF2O. The van der Waals surface area contributed by atoms with Gasteiger partial charge in [0, 0.05) is 5.56 Å². The number of rotatable bonds is 2. The third-order valence-electron chi connectivity index (χ3n) is 1.99. The number of hydrogen-bond acceptors (Lipinski definition) is 1. The van der Waals surface area contributed by atoms with Crippen molar-refractivity contribution in [2.24, 2.45) is 5.92 Å². The molecule has 1 aromatic carbocycles. The highest BCUT2D eigenvalue weighted by Gasteiger charge is 2.18. The van der Waals surface area contributed by atoms with Crippen LogP contribution < -0.4 is 0 Å². The zero-order chi connectivity index (χ0) is 10.9. The van der Waals surface area contributed by atoms with E-state index in [0.717, 1.165) is 12.1 Å². The van der Waals surface area contributed by atoms with Crippen LogP contribution in [0.3, 0.4) is 0 Å². The number of halogens is 3. The van der Waals surface area contributed by atoms with E-state index in [1.807, 2.05) is 0 Å². The zero-order valence-electron chi connectivity index (χ0n) is 7.89. The van der Waals surface area contributed by atoms with E-state index >= 15 is 0 Å². The maximum atomic E-state index is 13.2.